The molecule has 1 saturated carbocycles. The lowest BCUT2D eigenvalue weighted by molar-refractivity contribution is -0.145. The fourth-order valence-corrected chi connectivity index (χ4v) is 1.94. The van der Waals surface area contributed by atoms with Crippen molar-refractivity contribution in [3.8, 4) is 0 Å². The lowest BCUT2D eigenvalue weighted by atomic mass is 9.70. The lowest BCUT2D eigenvalue weighted by Crippen LogP contribution is -2.30. The van der Waals surface area contributed by atoms with Gasteiger partial charge in [-0.25, -0.2) is 8.78 Å². The highest BCUT2D eigenvalue weighted by molar-refractivity contribution is 5.72. The van der Waals surface area contributed by atoms with Crippen molar-refractivity contribution in [3.63, 3.8) is 0 Å². The van der Waals surface area contributed by atoms with Gasteiger partial charge in [-0.1, -0.05) is 6.07 Å². The van der Waals surface area contributed by atoms with Crippen LogP contribution in [0.4, 0.5) is 8.78 Å². The van der Waals surface area contributed by atoms with Crippen molar-refractivity contribution in [1.29, 1.82) is 0 Å². The third kappa shape index (κ3) is 1.71. The molecule has 1 aromatic carbocycles. The third-order valence-corrected chi connectivity index (χ3v) is 2.96. The van der Waals surface area contributed by atoms with Gasteiger partial charge in [-0.3, -0.25) is 4.79 Å². The molecule has 2 unspecified atom stereocenters. The quantitative estimate of drug-likeness (QED) is 0.817. The molecule has 4 heteroatoms. The van der Waals surface area contributed by atoms with E-state index >= 15 is 0 Å². The maximum absolute atomic E-state index is 12.9. The van der Waals surface area contributed by atoms with E-state index in [9.17, 15) is 13.6 Å². The number of halogens is 2. The predicted octanol–water partition coefficient (Wildman–Crippen LogP) is 2.54. The van der Waals surface area contributed by atoms with E-state index in [0.717, 1.165) is 18.6 Å². The standard InChI is InChI=1S/C11H10F2O2/c12-9-4-1-6(5-10(9)13)7-2-3-8(7)11(14)15/h1,4-5,7-8H,2-3H2,(H,14,15). The number of carboxylic acids is 1. The smallest absolute Gasteiger partial charge is 0.307 e. The van der Waals surface area contributed by atoms with Crippen LogP contribution in [-0.2, 0) is 4.79 Å². The minimum Gasteiger partial charge on any atom is -0.481 e. The second kappa shape index (κ2) is 3.61. The normalized spacial score (nSPS) is 24.7. The topological polar surface area (TPSA) is 37.3 Å². The number of aliphatic carboxylic acids is 1. The Kier molecular flexibility index (Phi) is 2.42. The maximum Gasteiger partial charge on any atom is 0.307 e. The van der Waals surface area contributed by atoms with Gasteiger partial charge in [0.25, 0.3) is 0 Å². The van der Waals surface area contributed by atoms with E-state index in [1.165, 1.54) is 6.07 Å². The molecule has 0 heterocycles. The SMILES string of the molecule is O=C(O)C1CCC1c1ccc(F)c(F)c1. The second-order valence-electron chi connectivity index (χ2n) is 3.80. The maximum atomic E-state index is 12.9. The van der Waals surface area contributed by atoms with Crippen molar-refractivity contribution in [2.45, 2.75) is 18.8 Å². The van der Waals surface area contributed by atoms with Crippen LogP contribution in [0.15, 0.2) is 18.2 Å². The monoisotopic (exact) mass is 212 g/mol. The van der Waals surface area contributed by atoms with Crippen LogP contribution in [0.5, 0.6) is 0 Å². The minimum atomic E-state index is -0.913. The molecule has 1 N–H and O–H groups in total. The summed E-state index contributed by atoms with van der Waals surface area (Å²) in [4.78, 5) is 10.7. The summed E-state index contributed by atoms with van der Waals surface area (Å²) < 4.78 is 25.6. The van der Waals surface area contributed by atoms with Crippen LogP contribution in [0.3, 0.4) is 0 Å². The van der Waals surface area contributed by atoms with Crippen molar-refractivity contribution >= 4 is 5.97 Å². The van der Waals surface area contributed by atoms with Crippen LogP contribution < -0.4 is 0 Å². The van der Waals surface area contributed by atoms with Crippen molar-refractivity contribution < 1.29 is 18.7 Å². The molecule has 1 aromatic rings. The molecule has 1 aliphatic rings. The lowest BCUT2D eigenvalue weighted by Gasteiger charge is -2.33. The summed E-state index contributed by atoms with van der Waals surface area (Å²) in [6, 6.07) is 3.59. The summed E-state index contributed by atoms with van der Waals surface area (Å²) >= 11 is 0. The van der Waals surface area contributed by atoms with E-state index in [1.807, 2.05) is 0 Å². The van der Waals surface area contributed by atoms with E-state index in [-0.39, 0.29) is 5.92 Å². The highest BCUT2D eigenvalue weighted by atomic mass is 19.2. The molecule has 80 valence electrons. The Morgan fingerprint density at radius 1 is 1.27 bits per heavy atom. The molecular weight excluding hydrogens is 202 g/mol. The fraction of sp³-hybridized carbons (Fsp3) is 0.364. The van der Waals surface area contributed by atoms with Gasteiger partial charge in [0.15, 0.2) is 11.6 Å². The summed E-state index contributed by atoms with van der Waals surface area (Å²) in [6.45, 7) is 0. The summed E-state index contributed by atoms with van der Waals surface area (Å²) in [5.74, 6) is -3.29. The summed E-state index contributed by atoms with van der Waals surface area (Å²) in [6.07, 6.45) is 1.33. The number of benzene rings is 1. The highest BCUT2D eigenvalue weighted by Gasteiger charge is 2.37. The molecular formula is C11H10F2O2. The van der Waals surface area contributed by atoms with Gasteiger partial charge >= 0.3 is 5.97 Å². The van der Waals surface area contributed by atoms with E-state index in [2.05, 4.69) is 0 Å². The highest BCUT2D eigenvalue weighted by Crippen LogP contribution is 2.42. The van der Waals surface area contributed by atoms with Crippen LogP contribution in [0.2, 0.25) is 0 Å². The molecule has 0 amide bonds. The molecule has 1 aliphatic carbocycles. The summed E-state index contributed by atoms with van der Waals surface area (Å²) in [5, 5.41) is 8.82. The van der Waals surface area contributed by atoms with Crippen molar-refractivity contribution in [2.75, 3.05) is 0 Å². The first-order valence-corrected chi connectivity index (χ1v) is 4.77. The molecule has 2 rings (SSSR count). The van der Waals surface area contributed by atoms with Crippen LogP contribution in [-0.4, -0.2) is 11.1 Å². The van der Waals surface area contributed by atoms with E-state index in [1.54, 1.807) is 0 Å². The Balaban J connectivity index is 2.23. The Labute approximate surface area is 85.5 Å². The average Bonchev–Trinajstić information content (AvgIpc) is 2.08. The van der Waals surface area contributed by atoms with Crippen molar-refractivity contribution in [2.24, 2.45) is 5.92 Å². The number of carboxylic acid groups (broad SMARTS) is 1. The average molecular weight is 212 g/mol. The van der Waals surface area contributed by atoms with E-state index < -0.39 is 23.5 Å². The molecule has 0 spiro atoms. The number of hydrogen-bond donors (Lipinski definition) is 1. The van der Waals surface area contributed by atoms with Crippen molar-refractivity contribution in [1.82, 2.24) is 0 Å². The summed E-state index contributed by atoms with van der Waals surface area (Å²) in [7, 11) is 0. The van der Waals surface area contributed by atoms with E-state index in [4.69, 9.17) is 5.11 Å². The van der Waals surface area contributed by atoms with Gasteiger partial charge in [-0.2, -0.15) is 0 Å². The molecule has 15 heavy (non-hydrogen) atoms. The fourth-order valence-electron chi connectivity index (χ4n) is 1.94. The largest absolute Gasteiger partial charge is 0.481 e. The zero-order valence-corrected chi connectivity index (χ0v) is 7.91. The first-order valence-electron chi connectivity index (χ1n) is 4.77. The van der Waals surface area contributed by atoms with E-state index in [0.29, 0.717) is 12.0 Å². The van der Waals surface area contributed by atoms with Crippen LogP contribution >= 0.6 is 0 Å². The summed E-state index contributed by atoms with van der Waals surface area (Å²) in [5.41, 5.74) is 0.576. The Bertz CT molecular complexity index is 404. The van der Waals surface area contributed by atoms with Gasteiger partial charge in [0, 0.05) is 0 Å². The van der Waals surface area contributed by atoms with Gasteiger partial charge in [0.2, 0.25) is 0 Å². The molecule has 0 saturated heterocycles. The number of carbonyl (C=O) groups is 1. The molecule has 0 radical (unpaired) electrons. The Morgan fingerprint density at radius 2 is 2.00 bits per heavy atom. The van der Waals surface area contributed by atoms with Crippen LogP contribution in [0.1, 0.15) is 24.3 Å². The van der Waals surface area contributed by atoms with Crippen molar-refractivity contribution in [3.05, 3.63) is 35.4 Å². The molecule has 2 atom stereocenters. The van der Waals surface area contributed by atoms with Gasteiger partial charge in [0.1, 0.15) is 0 Å². The zero-order chi connectivity index (χ0) is 11.0. The van der Waals surface area contributed by atoms with Gasteiger partial charge in [-0.05, 0) is 36.5 Å². The molecule has 0 bridgehead atoms. The Morgan fingerprint density at radius 3 is 2.47 bits per heavy atom. The molecule has 0 aromatic heterocycles. The molecule has 0 aliphatic heterocycles. The van der Waals surface area contributed by atoms with Gasteiger partial charge < -0.3 is 5.11 Å². The number of rotatable bonds is 2. The predicted molar refractivity (Wildman–Crippen MR) is 49.5 cm³/mol. The first kappa shape index (κ1) is 10.1. The number of hydrogen-bond acceptors (Lipinski definition) is 1. The first-order chi connectivity index (χ1) is 7.09. The van der Waals surface area contributed by atoms with Crippen LogP contribution in [0.25, 0.3) is 0 Å². The molecule has 2 nitrogen and oxygen atoms in total. The minimum absolute atomic E-state index is 0.169. The van der Waals surface area contributed by atoms with Crippen LogP contribution in [0, 0.1) is 17.6 Å². The van der Waals surface area contributed by atoms with Gasteiger partial charge in [-0.15, -0.1) is 0 Å². The second-order valence-corrected chi connectivity index (χ2v) is 3.80. The molecule has 1 fully saturated rings. The zero-order valence-electron chi connectivity index (χ0n) is 7.91. The third-order valence-electron chi connectivity index (χ3n) is 2.96. The van der Waals surface area contributed by atoms with Gasteiger partial charge in [0.05, 0.1) is 5.92 Å². The Hall–Kier alpha value is -1.45.